The van der Waals surface area contributed by atoms with Crippen molar-refractivity contribution in [2.45, 2.75) is 24.8 Å². The Balaban J connectivity index is 0.00000364. The summed E-state index contributed by atoms with van der Waals surface area (Å²) >= 11 is 0. The molecule has 7 nitrogen and oxygen atoms in total. The van der Waals surface area contributed by atoms with E-state index in [9.17, 15) is 24.9 Å². The van der Waals surface area contributed by atoms with E-state index in [-0.39, 0.29) is 30.5 Å². The first-order valence-corrected chi connectivity index (χ1v) is 8.12. The zero-order valence-electron chi connectivity index (χ0n) is 14.4. The fourth-order valence-corrected chi connectivity index (χ4v) is 2.62. The molecule has 2 aromatic carbocycles. The highest BCUT2D eigenvalue weighted by Crippen LogP contribution is 2.32. The molecule has 8 heteroatoms. The zero-order valence-corrected chi connectivity index (χ0v) is 15.3. The van der Waals surface area contributed by atoms with Crippen molar-refractivity contribution in [2.75, 3.05) is 6.61 Å². The molecular formula is C19H22ClNO6. The third-order valence-electron chi connectivity index (χ3n) is 4.05. The van der Waals surface area contributed by atoms with Crippen molar-refractivity contribution in [3.63, 3.8) is 0 Å². The average Bonchev–Trinajstić information content (AvgIpc) is 2.64. The summed E-state index contributed by atoms with van der Waals surface area (Å²) in [6.07, 6.45) is 0.728. The highest BCUT2D eigenvalue weighted by atomic mass is 35.5. The first kappa shape index (κ1) is 22.3. The van der Waals surface area contributed by atoms with Crippen LogP contribution in [-0.4, -0.2) is 39.9 Å². The minimum atomic E-state index is -1.19. The van der Waals surface area contributed by atoms with Gasteiger partial charge in [0, 0.05) is 5.92 Å². The topological polar surface area (TPSA) is 130 Å². The molecule has 27 heavy (non-hydrogen) atoms. The van der Waals surface area contributed by atoms with Crippen LogP contribution in [0, 0.1) is 0 Å². The monoisotopic (exact) mass is 395 g/mol. The van der Waals surface area contributed by atoms with Gasteiger partial charge in [0.2, 0.25) is 0 Å². The van der Waals surface area contributed by atoms with Crippen molar-refractivity contribution in [1.82, 2.24) is 0 Å². The summed E-state index contributed by atoms with van der Waals surface area (Å²) in [7, 11) is 0. The number of nitrogens with two attached hydrogens (primary N) is 1. The van der Waals surface area contributed by atoms with Crippen LogP contribution >= 0.6 is 12.4 Å². The SMILES string of the molecule is Cl.N[C@H](C(=O)O)C(CCCOC(=O)c1ccccc1)c1ccc(O)c(O)c1. The van der Waals surface area contributed by atoms with Gasteiger partial charge in [0.25, 0.3) is 0 Å². The van der Waals surface area contributed by atoms with Gasteiger partial charge in [0.15, 0.2) is 11.5 Å². The predicted molar refractivity (Wildman–Crippen MR) is 101 cm³/mol. The average molecular weight is 396 g/mol. The van der Waals surface area contributed by atoms with Crippen LogP contribution in [0.1, 0.15) is 34.7 Å². The Morgan fingerprint density at radius 3 is 2.30 bits per heavy atom. The van der Waals surface area contributed by atoms with Crippen LogP contribution in [0.3, 0.4) is 0 Å². The van der Waals surface area contributed by atoms with Crippen molar-refractivity contribution in [3.8, 4) is 11.5 Å². The summed E-state index contributed by atoms with van der Waals surface area (Å²) in [5.41, 5.74) is 6.69. The molecule has 0 aliphatic rings. The number of halogens is 1. The molecule has 2 rings (SSSR count). The second-order valence-electron chi connectivity index (χ2n) is 5.86. The summed E-state index contributed by atoms with van der Waals surface area (Å²) in [5, 5.41) is 28.2. The maximum atomic E-state index is 11.9. The number of ether oxygens (including phenoxy) is 1. The van der Waals surface area contributed by atoms with Gasteiger partial charge in [-0.2, -0.15) is 0 Å². The van der Waals surface area contributed by atoms with Gasteiger partial charge in [-0.1, -0.05) is 24.3 Å². The molecule has 2 atom stereocenters. The molecule has 0 aromatic heterocycles. The summed E-state index contributed by atoms with van der Waals surface area (Å²) in [4.78, 5) is 23.2. The summed E-state index contributed by atoms with van der Waals surface area (Å²) in [5.74, 6) is -2.88. The molecule has 0 aliphatic carbocycles. The number of carbonyl (C=O) groups is 2. The summed E-state index contributed by atoms with van der Waals surface area (Å²) in [6.45, 7) is 0.112. The Morgan fingerprint density at radius 1 is 1.04 bits per heavy atom. The molecule has 0 spiro atoms. The lowest BCUT2D eigenvalue weighted by Crippen LogP contribution is -2.36. The highest BCUT2D eigenvalue weighted by Gasteiger charge is 2.26. The third kappa shape index (κ3) is 6.16. The number of aliphatic carboxylic acids is 1. The van der Waals surface area contributed by atoms with Gasteiger partial charge < -0.3 is 25.8 Å². The van der Waals surface area contributed by atoms with Crippen molar-refractivity contribution < 1.29 is 29.6 Å². The van der Waals surface area contributed by atoms with Crippen molar-refractivity contribution in [2.24, 2.45) is 5.73 Å². The van der Waals surface area contributed by atoms with Gasteiger partial charge in [0.1, 0.15) is 6.04 Å². The number of hydrogen-bond donors (Lipinski definition) is 4. The van der Waals surface area contributed by atoms with Crippen LogP contribution in [-0.2, 0) is 9.53 Å². The van der Waals surface area contributed by atoms with Crippen LogP contribution in [0.25, 0.3) is 0 Å². The summed E-state index contributed by atoms with van der Waals surface area (Å²) in [6, 6.07) is 11.4. The van der Waals surface area contributed by atoms with Gasteiger partial charge in [0.05, 0.1) is 12.2 Å². The second-order valence-corrected chi connectivity index (χ2v) is 5.86. The Bertz CT molecular complexity index is 768. The number of hydrogen-bond acceptors (Lipinski definition) is 6. The van der Waals surface area contributed by atoms with Crippen LogP contribution in [0.15, 0.2) is 48.5 Å². The van der Waals surface area contributed by atoms with E-state index in [0.717, 1.165) is 0 Å². The van der Waals surface area contributed by atoms with Gasteiger partial charge in [-0.25, -0.2) is 4.79 Å². The lowest BCUT2D eigenvalue weighted by molar-refractivity contribution is -0.139. The van der Waals surface area contributed by atoms with Gasteiger partial charge in [-0.05, 0) is 42.7 Å². The maximum Gasteiger partial charge on any atom is 0.338 e. The van der Waals surface area contributed by atoms with Crippen LogP contribution in [0.5, 0.6) is 11.5 Å². The molecule has 0 aliphatic heterocycles. The fraction of sp³-hybridized carbons (Fsp3) is 0.263. The Kier molecular flexibility index (Phi) is 8.58. The number of carboxylic acids is 1. The number of phenols is 2. The zero-order chi connectivity index (χ0) is 19.1. The fourth-order valence-electron chi connectivity index (χ4n) is 2.62. The van der Waals surface area contributed by atoms with Crippen molar-refractivity contribution >= 4 is 24.3 Å². The number of carbonyl (C=O) groups excluding carboxylic acids is 1. The third-order valence-corrected chi connectivity index (χ3v) is 4.05. The van der Waals surface area contributed by atoms with E-state index in [4.69, 9.17) is 10.5 Å². The van der Waals surface area contributed by atoms with Crippen molar-refractivity contribution in [3.05, 3.63) is 59.7 Å². The van der Waals surface area contributed by atoms with Gasteiger partial charge in [-0.15, -0.1) is 12.4 Å². The molecule has 0 radical (unpaired) electrons. The molecule has 0 heterocycles. The first-order chi connectivity index (χ1) is 12.4. The predicted octanol–water partition coefficient (Wildman–Crippen LogP) is 2.65. The number of aromatic hydroxyl groups is 2. The number of esters is 1. The number of rotatable bonds is 8. The van der Waals surface area contributed by atoms with Crippen LogP contribution < -0.4 is 5.73 Å². The molecule has 0 bridgehead atoms. The largest absolute Gasteiger partial charge is 0.504 e. The number of carboxylic acid groups (broad SMARTS) is 1. The molecule has 5 N–H and O–H groups in total. The molecule has 146 valence electrons. The standard InChI is InChI=1S/C19H21NO6.ClH/c20-17(18(23)24)14(13-8-9-15(21)16(22)11-13)7-4-10-26-19(25)12-5-2-1-3-6-12;/h1-3,5-6,8-9,11,14,17,21-22H,4,7,10,20H2,(H,23,24);1H/t14?,17-;/m0./s1. The Labute approximate surface area is 162 Å². The van der Waals surface area contributed by atoms with Gasteiger partial charge >= 0.3 is 11.9 Å². The molecular weight excluding hydrogens is 374 g/mol. The Hall–Kier alpha value is -2.77. The lowest BCUT2D eigenvalue weighted by atomic mass is 9.87. The first-order valence-electron chi connectivity index (χ1n) is 8.12. The van der Waals surface area contributed by atoms with Crippen molar-refractivity contribution in [1.29, 1.82) is 0 Å². The van der Waals surface area contributed by atoms with E-state index < -0.39 is 23.9 Å². The minimum Gasteiger partial charge on any atom is -0.504 e. The number of benzene rings is 2. The minimum absolute atomic E-state index is 0. The molecule has 2 aromatic rings. The van der Waals surface area contributed by atoms with Crippen LogP contribution in [0.2, 0.25) is 0 Å². The van der Waals surface area contributed by atoms with E-state index in [1.807, 2.05) is 0 Å². The van der Waals surface area contributed by atoms with E-state index in [0.29, 0.717) is 24.0 Å². The van der Waals surface area contributed by atoms with E-state index in [1.165, 1.54) is 18.2 Å². The quantitative estimate of drug-likeness (QED) is 0.307. The summed E-state index contributed by atoms with van der Waals surface area (Å²) < 4.78 is 5.18. The van der Waals surface area contributed by atoms with E-state index in [1.54, 1.807) is 30.3 Å². The lowest BCUT2D eigenvalue weighted by Gasteiger charge is -2.21. The van der Waals surface area contributed by atoms with E-state index >= 15 is 0 Å². The molecule has 0 saturated heterocycles. The Morgan fingerprint density at radius 2 is 1.70 bits per heavy atom. The highest BCUT2D eigenvalue weighted by molar-refractivity contribution is 5.89. The maximum absolute atomic E-state index is 11.9. The molecule has 0 fully saturated rings. The van der Waals surface area contributed by atoms with E-state index in [2.05, 4.69) is 0 Å². The second kappa shape index (κ2) is 10.4. The molecule has 0 saturated carbocycles. The smallest absolute Gasteiger partial charge is 0.338 e. The van der Waals surface area contributed by atoms with Crippen LogP contribution in [0.4, 0.5) is 0 Å². The number of phenolic OH excluding ortho intramolecular Hbond substituents is 2. The van der Waals surface area contributed by atoms with Gasteiger partial charge in [-0.3, -0.25) is 4.79 Å². The normalized spacial score (nSPS) is 12.5. The molecule has 1 unspecified atom stereocenters. The molecule has 0 amide bonds.